The van der Waals surface area contributed by atoms with Crippen molar-refractivity contribution in [2.24, 2.45) is 0 Å². The second-order valence-electron chi connectivity index (χ2n) is 2.41. The minimum absolute atomic E-state index is 0.0504. The first-order valence-corrected chi connectivity index (χ1v) is 3.72. The maximum atomic E-state index is 10.2. The smallest absolute Gasteiger partial charge is 0.305 e. The van der Waals surface area contributed by atoms with Crippen LogP contribution in [-0.4, -0.2) is 46.6 Å². The standard InChI is InChI=1S/C7H12O6/c8-1-2-13-5(3-6(9)10)4-7(11)12/h5,8H,1-4H2,(H,9,10)(H,11,12). The second kappa shape index (κ2) is 6.38. The molecule has 0 aliphatic carbocycles. The van der Waals surface area contributed by atoms with Gasteiger partial charge in [0.1, 0.15) is 0 Å². The molecule has 0 spiro atoms. The molecule has 0 fully saturated rings. The topological polar surface area (TPSA) is 104 Å². The monoisotopic (exact) mass is 192 g/mol. The first-order valence-electron chi connectivity index (χ1n) is 3.72. The summed E-state index contributed by atoms with van der Waals surface area (Å²) in [5.74, 6) is -2.24. The molecule has 0 rings (SSSR count). The Bertz CT molecular complexity index is 162. The zero-order chi connectivity index (χ0) is 10.3. The fraction of sp³-hybridized carbons (Fsp3) is 0.714. The van der Waals surface area contributed by atoms with Crippen LogP contribution in [0.1, 0.15) is 12.8 Å². The van der Waals surface area contributed by atoms with Crippen molar-refractivity contribution in [1.29, 1.82) is 0 Å². The number of rotatable bonds is 7. The Morgan fingerprint density at radius 1 is 1.15 bits per heavy atom. The Labute approximate surface area is 74.7 Å². The van der Waals surface area contributed by atoms with Crippen molar-refractivity contribution in [2.75, 3.05) is 13.2 Å². The summed E-state index contributed by atoms with van der Waals surface area (Å²) >= 11 is 0. The van der Waals surface area contributed by atoms with Gasteiger partial charge in [-0.1, -0.05) is 0 Å². The van der Waals surface area contributed by atoms with E-state index in [1.54, 1.807) is 0 Å². The lowest BCUT2D eigenvalue weighted by atomic mass is 10.2. The lowest BCUT2D eigenvalue weighted by Gasteiger charge is -2.12. The molecule has 0 aliphatic rings. The molecule has 0 radical (unpaired) electrons. The molecular weight excluding hydrogens is 180 g/mol. The van der Waals surface area contributed by atoms with Crippen LogP contribution in [0, 0.1) is 0 Å². The third kappa shape index (κ3) is 7.23. The number of aliphatic carboxylic acids is 2. The van der Waals surface area contributed by atoms with Crippen LogP contribution in [0.25, 0.3) is 0 Å². The van der Waals surface area contributed by atoms with Gasteiger partial charge in [0.15, 0.2) is 0 Å². The molecule has 0 aliphatic heterocycles. The summed E-state index contributed by atoms with van der Waals surface area (Å²) in [6.45, 7) is -0.305. The molecule has 0 aromatic carbocycles. The summed E-state index contributed by atoms with van der Waals surface area (Å²) in [7, 11) is 0. The molecule has 0 aromatic heterocycles. The lowest BCUT2D eigenvalue weighted by molar-refractivity contribution is -0.144. The average molecular weight is 192 g/mol. The summed E-state index contributed by atoms with van der Waals surface area (Å²) in [6, 6.07) is 0. The molecule has 0 aromatic rings. The molecular formula is C7H12O6. The van der Waals surface area contributed by atoms with Gasteiger partial charge in [0.25, 0.3) is 0 Å². The molecule has 6 nitrogen and oxygen atoms in total. The van der Waals surface area contributed by atoms with Gasteiger partial charge in [-0.15, -0.1) is 0 Å². The minimum Gasteiger partial charge on any atom is -0.481 e. The van der Waals surface area contributed by atoms with Crippen molar-refractivity contribution < 1.29 is 29.6 Å². The minimum atomic E-state index is -1.12. The first-order chi connectivity index (χ1) is 6.06. The van der Waals surface area contributed by atoms with Gasteiger partial charge in [0.05, 0.1) is 32.2 Å². The number of carboxylic acid groups (broad SMARTS) is 2. The SMILES string of the molecule is O=C(O)CC(CC(=O)O)OCCO. The van der Waals surface area contributed by atoms with E-state index in [0.717, 1.165) is 0 Å². The van der Waals surface area contributed by atoms with E-state index in [1.165, 1.54) is 0 Å². The van der Waals surface area contributed by atoms with E-state index < -0.39 is 18.0 Å². The van der Waals surface area contributed by atoms with Crippen LogP contribution in [0.15, 0.2) is 0 Å². The van der Waals surface area contributed by atoms with Crippen molar-refractivity contribution in [1.82, 2.24) is 0 Å². The number of hydrogen-bond acceptors (Lipinski definition) is 4. The Kier molecular flexibility index (Phi) is 5.82. The van der Waals surface area contributed by atoms with Crippen molar-refractivity contribution in [3.63, 3.8) is 0 Å². The number of aliphatic hydroxyl groups excluding tert-OH is 1. The molecule has 0 atom stereocenters. The molecule has 0 amide bonds. The third-order valence-electron chi connectivity index (χ3n) is 1.25. The Morgan fingerprint density at radius 2 is 1.62 bits per heavy atom. The summed E-state index contributed by atoms with van der Waals surface area (Å²) in [4.78, 5) is 20.4. The van der Waals surface area contributed by atoms with Crippen LogP contribution in [0.3, 0.4) is 0 Å². The highest BCUT2D eigenvalue weighted by Gasteiger charge is 2.16. The zero-order valence-corrected chi connectivity index (χ0v) is 6.97. The molecule has 0 saturated heterocycles. The zero-order valence-electron chi connectivity index (χ0n) is 6.97. The normalized spacial score (nSPS) is 10.3. The van der Waals surface area contributed by atoms with E-state index in [2.05, 4.69) is 0 Å². The Morgan fingerprint density at radius 3 is 1.92 bits per heavy atom. The molecule has 6 heteroatoms. The van der Waals surface area contributed by atoms with Crippen LogP contribution in [0.4, 0.5) is 0 Å². The number of carbonyl (C=O) groups is 2. The van der Waals surface area contributed by atoms with Gasteiger partial charge in [0, 0.05) is 0 Å². The van der Waals surface area contributed by atoms with E-state index >= 15 is 0 Å². The fourth-order valence-electron chi connectivity index (χ4n) is 0.799. The largest absolute Gasteiger partial charge is 0.481 e. The summed E-state index contributed by atoms with van der Waals surface area (Å²) in [6.07, 6.45) is -1.61. The maximum Gasteiger partial charge on any atom is 0.305 e. The van der Waals surface area contributed by atoms with Crippen LogP contribution >= 0.6 is 0 Å². The number of aliphatic hydroxyl groups is 1. The van der Waals surface area contributed by atoms with Gasteiger partial charge in [0.2, 0.25) is 0 Å². The Hall–Kier alpha value is -1.14. The van der Waals surface area contributed by atoms with E-state index in [-0.39, 0.29) is 26.1 Å². The quantitative estimate of drug-likeness (QED) is 0.493. The van der Waals surface area contributed by atoms with Gasteiger partial charge in [-0.05, 0) is 0 Å². The van der Waals surface area contributed by atoms with E-state index in [4.69, 9.17) is 20.1 Å². The van der Waals surface area contributed by atoms with Gasteiger partial charge >= 0.3 is 11.9 Å². The van der Waals surface area contributed by atoms with Crippen LogP contribution in [0.5, 0.6) is 0 Å². The molecule has 0 bridgehead atoms. The molecule has 3 N–H and O–H groups in total. The van der Waals surface area contributed by atoms with Gasteiger partial charge in [-0.3, -0.25) is 9.59 Å². The van der Waals surface area contributed by atoms with E-state index in [0.29, 0.717) is 0 Å². The first kappa shape index (κ1) is 11.9. The third-order valence-corrected chi connectivity index (χ3v) is 1.25. The maximum absolute atomic E-state index is 10.2. The van der Waals surface area contributed by atoms with Crippen molar-refractivity contribution in [2.45, 2.75) is 18.9 Å². The van der Waals surface area contributed by atoms with Crippen molar-refractivity contribution in [3.05, 3.63) is 0 Å². The van der Waals surface area contributed by atoms with Gasteiger partial charge < -0.3 is 20.1 Å². The summed E-state index contributed by atoms with van der Waals surface area (Å²) in [5, 5.41) is 25.1. The number of hydrogen-bond donors (Lipinski definition) is 3. The summed E-state index contributed by atoms with van der Waals surface area (Å²) < 4.78 is 4.80. The number of ether oxygens (including phenoxy) is 1. The van der Waals surface area contributed by atoms with E-state index in [1.807, 2.05) is 0 Å². The van der Waals surface area contributed by atoms with Crippen molar-refractivity contribution >= 4 is 11.9 Å². The molecule has 13 heavy (non-hydrogen) atoms. The van der Waals surface area contributed by atoms with Crippen LogP contribution in [0.2, 0.25) is 0 Å². The highest BCUT2D eigenvalue weighted by atomic mass is 16.5. The van der Waals surface area contributed by atoms with E-state index in [9.17, 15) is 9.59 Å². The molecule has 0 saturated carbocycles. The molecule has 0 heterocycles. The number of carboxylic acids is 2. The van der Waals surface area contributed by atoms with Crippen molar-refractivity contribution in [3.8, 4) is 0 Å². The Balaban J connectivity index is 3.87. The van der Waals surface area contributed by atoms with Gasteiger partial charge in [-0.2, -0.15) is 0 Å². The second-order valence-corrected chi connectivity index (χ2v) is 2.41. The fourth-order valence-corrected chi connectivity index (χ4v) is 0.799. The van der Waals surface area contributed by atoms with Crippen LogP contribution < -0.4 is 0 Å². The highest BCUT2D eigenvalue weighted by Crippen LogP contribution is 2.03. The summed E-state index contributed by atoms with van der Waals surface area (Å²) in [5.41, 5.74) is 0. The predicted molar refractivity (Wildman–Crippen MR) is 41.3 cm³/mol. The molecule has 76 valence electrons. The lowest BCUT2D eigenvalue weighted by Crippen LogP contribution is -2.22. The van der Waals surface area contributed by atoms with Crippen LogP contribution in [-0.2, 0) is 14.3 Å². The predicted octanol–water partition coefficient (Wildman–Crippen LogP) is -0.687. The average Bonchev–Trinajstić information content (AvgIpc) is 1.98. The highest BCUT2D eigenvalue weighted by molar-refractivity contribution is 5.71. The molecule has 0 unspecified atom stereocenters. The van der Waals surface area contributed by atoms with Gasteiger partial charge in [-0.25, -0.2) is 0 Å².